The zero-order chi connectivity index (χ0) is 26.0. The fourth-order valence-electron chi connectivity index (χ4n) is 3.40. The summed E-state index contributed by atoms with van der Waals surface area (Å²) in [5.41, 5.74) is 2.68. The van der Waals surface area contributed by atoms with Crippen LogP contribution in [0.15, 0.2) is 71.6 Å². The third-order valence-corrected chi connectivity index (χ3v) is 8.09. The minimum Gasteiger partial charge on any atom is -0.324 e. The number of carbonyl (C=O) groups excluding carboxylic acids is 1. The Labute approximate surface area is 211 Å². The van der Waals surface area contributed by atoms with E-state index in [1.165, 1.54) is 37.3 Å². The summed E-state index contributed by atoms with van der Waals surface area (Å²) in [4.78, 5) is 13.0. The molecular weight excluding hydrogens is 510 g/mol. The maximum atomic E-state index is 12.9. The quantitative estimate of drug-likeness (QED) is 0.439. The topological polar surface area (TPSA) is 113 Å². The molecule has 3 aromatic carbocycles. The molecule has 8 nitrogen and oxygen atoms in total. The Balaban J connectivity index is 1.79. The highest BCUT2D eigenvalue weighted by molar-refractivity contribution is 7.92. The second-order valence-corrected chi connectivity index (χ2v) is 12.1. The highest BCUT2D eigenvalue weighted by atomic mass is 35.5. The lowest BCUT2D eigenvalue weighted by Crippen LogP contribution is -2.45. The van der Waals surface area contributed by atoms with Crippen LogP contribution in [0.3, 0.4) is 0 Å². The van der Waals surface area contributed by atoms with Gasteiger partial charge in [0.05, 0.1) is 16.8 Å². The summed E-state index contributed by atoms with van der Waals surface area (Å²) in [5.74, 6) is -0.594. The Morgan fingerprint density at radius 1 is 0.886 bits per heavy atom. The average molecular weight is 536 g/mol. The van der Waals surface area contributed by atoms with Gasteiger partial charge in [0.2, 0.25) is 15.9 Å². The summed E-state index contributed by atoms with van der Waals surface area (Å²) in [6.45, 7) is 5.08. The normalized spacial score (nSPS) is 12.6. The van der Waals surface area contributed by atoms with Gasteiger partial charge in [-0.2, -0.15) is 0 Å². The molecule has 0 heterocycles. The molecular formula is C24H26ClN3O5S2. The summed E-state index contributed by atoms with van der Waals surface area (Å²) < 4.78 is 53.9. The van der Waals surface area contributed by atoms with Gasteiger partial charge < -0.3 is 5.32 Å². The van der Waals surface area contributed by atoms with Gasteiger partial charge in [-0.15, -0.1) is 0 Å². The standard InChI is InChI=1S/C24H26ClN3O5S2/c1-16-5-9-21(10-6-16)27-35(32,33)22-13-11-20(12-14-22)26-24(29)18(3)28(34(4,30)31)23-15-19(25)8-7-17(23)2/h5-15,18,27H,1-4H3,(H,26,29)/t18-/m1/s1. The molecule has 186 valence electrons. The van der Waals surface area contributed by atoms with Crippen LogP contribution in [-0.2, 0) is 24.8 Å². The van der Waals surface area contributed by atoms with Crippen molar-refractivity contribution in [2.45, 2.75) is 31.7 Å². The van der Waals surface area contributed by atoms with E-state index in [-0.39, 0.29) is 4.90 Å². The fourth-order valence-corrected chi connectivity index (χ4v) is 5.85. The van der Waals surface area contributed by atoms with Crippen LogP contribution in [-0.4, -0.2) is 35.0 Å². The lowest BCUT2D eigenvalue weighted by Gasteiger charge is -2.29. The first-order valence-electron chi connectivity index (χ1n) is 10.5. The number of aryl methyl sites for hydroxylation is 2. The largest absolute Gasteiger partial charge is 0.324 e. The number of anilines is 3. The second kappa shape index (κ2) is 10.3. The Morgan fingerprint density at radius 3 is 2.03 bits per heavy atom. The molecule has 0 spiro atoms. The molecule has 0 saturated heterocycles. The number of hydrogen-bond acceptors (Lipinski definition) is 5. The first-order valence-corrected chi connectivity index (χ1v) is 14.2. The Kier molecular flexibility index (Phi) is 7.78. The Bertz CT molecular complexity index is 1440. The van der Waals surface area contributed by atoms with Crippen LogP contribution in [0, 0.1) is 13.8 Å². The minimum absolute atomic E-state index is 0.0106. The fraction of sp³-hybridized carbons (Fsp3) is 0.208. The Hall–Kier alpha value is -3.08. The van der Waals surface area contributed by atoms with Crippen molar-refractivity contribution in [3.8, 4) is 0 Å². The maximum Gasteiger partial charge on any atom is 0.261 e. The molecule has 11 heteroatoms. The second-order valence-electron chi connectivity index (χ2n) is 8.15. The molecule has 1 atom stereocenters. The summed E-state index contributed by atoms with van der Waals surface area (Å²) in [6.07, 6.45) is 1.01. The summed E-state index contributed by atoms with van der Waals surface area (Å²) in [6, 6.07) is 16.2. The summed E-state index contributed by atoms with van der Waals surface area (Å²) >= 11 is 6.06. The van der Waals surface area contributed by atoms with Crippen molar-refractivity contribution < 1.29 is 21.6 Å². The molecule has 1 amide bonds. The van der Waals surface area contributed by atoms with Crippen molar-refractivity contribution in [3.05, 3.63) is 82.9 Å². The number of rotatable bonds is 8. The van der Waals surface area contributed by atoms with Gasteiger partial charge in [-0.3, -0.25) is 13.8 Å². The van der Waals surface area contributed by atoms with Gasteiger partial charge in [0.25, 0.3) is 10.0 Å². The van der Waals surface area contributed by atoms with E-state index in [1.807, 2.05) is 6.92 Å². The molecule has 0 fully saturated rings. The third kappa shape index (κ3) is 6.53. The molecule has 0 unspecified atom stereocenters. The van der Waals surface area contributed by atoms with E-state index < -0.39 is 32.0 Å². The summed E-state index contributed by atoms with van der Waals surface area (Å²) in [5, 5.41) is 2.98. The van der Waals surface area contributed by atoms with Gasteiger partial charge in [0.15, 0.2) is 0 Å². The van der Waals surface area contributed by atoms with Gasteiger partial charge in [-0.1, -0.05) is 35.4 Å². The molecule has 3 rings (SSSR count). The van der Waals surface area contributed by atoms with Crippen LogP contribution in [0.25, 0.3) is 0 Å². The van der Waals surface area contributed by atoms with Crippen LogP contribution >= 0.6 is 11.6 Å². The van der Waals surface area contributed by atoms with Crippen molar-refractivity contribution >= 4 is 54.6 Å². The SMILES string of the molecule is Cc1ccc(NS(=O)(=O)c2ccc(NC(=O)[C@@H](C)N(c3cc(Cl)ccc3C)S(C)(=O)=O)cc2)cc1. The highest BCUT2D eigenvalue weighted by Crippen LogP contribution is 2.29. The number of halogens is 1. The van der Waals surface area contributed by atoms with Gasteiger partial charge in [0, 0.05) is 16.4 Å². The first-order chi connectivity index (χ1) is 16.3. The van der Waals surface area contributed by atoms with Crippen LogP contribution in [0.2, 0.25) is 5.02 Å². The van der Waals surface area contributed by atoms with E-state index in [2.05, 4.69) is 10.0 Å². The van der Waals surface area contributed by atoms with E-state index in [4.69, 9.17) is 11.6 Å². The lowest BCUT2D eigenvalue weighted by molar-refractivity contribution is -0.116. The predicted octanol–water partition coefficient (Wildman–Crippen LogP) is 4.55. The lowest BCUT2D eigenvalue weighted by atomic mass is 10.1. The molecule has 0 aliphatic heterocycles. The number of hydrogen-bond donors (Lipinski definition) is 2. The Morgan fingerprint density at radius 2 is 1.46 bits per heavy atom. The molecule has 35 heavy (non-hydrogen) atoms. The third-order valence-electron chi connectivity index (χ3n) is 5.23. The monoisotopic (exact) mass is 535 g/mol. The van der Waals surface area contributed by atoms with Gasteiger partial charge >= 0.3 is 0 Å². The van der Waals surface area contributed by atoms with Crippen LogP contribution in [0.1, 0.15) is 18.1 Å². The molecule has 0 aromatic heterocycles. The van der Waals surface area contributed by atoms with Crippen molar-refractivity contribution in [1.82, 2.24) is 0 Å². The molecule has 2 N–H and O–H groups in total. The number of nitrogens with zero attached hydrogens (tertiary/aromatic N) is 1. The molecule has 0 saturated carbocycles. The van der Waals surface area contributed by atoms with Crippen molar-refractivity contribution in [3.63, 3.8) is 0 Å². The van der Waals surface area contributed by atoms with Crippen molar-refractivity contribution in [2.75, 3.05) is 20.6 Å². The summed E-state index contributed by atoms with van der Waals surface area (Å²) in [7, 11) is -7.65. The number of carbonyl (C=O) groups is 1. The zero-order valence-corrected chi connectivity index (χ0v) is 22.0. The van der Waals surface area contributed by atoms with E-state index >= 15 is 0 Å². The number of benzene rings is 3. The van der Waals surface area contributed by atoms with Crippen LogP contribution in [0.5, 0.6) is 0 Å². The molecule has 0 bridgehead atoms. The van der Waals surface area contributed by atoms with Crippen LogP contribution < -0.4 is 14.3 Å². The number of sulfonamides is 2. The molecule has 3 aromatic rings. The molecule has 0 aliphatic rings. The van der Waals surface area contributed by atoms with Crippen molar-refractivity contribution in [1.29, 1.82) is 0 Å². The van der Waals surface area contributed by atoms with Gasteiger partial charge in [-0.25, -0.2) is 16.8 Å². The smallest absolute Gasteiger partial charge is 0.261 e. The number of nitrogens with one attached hydrogen (secondary N) is 2. The van der Waals surface area contributed by atoms with E-state index in [0.717, 1.165) is 16.1 Å². The minimum atomic E-state index is -3.83. The predicted molar refractivity (Wildman–Crippen MR) is 140 cm³/mol. The zero-order valence-electron chi connectivity index (χ0n) is 19.6. The van der Waals surface area contributed by atoms with Gasteiger partial charge in [-0.05, 0) is 74.9 Å². The number of amides is 1. The average Bonchev–Trinajstić information content (AvgIpc) is 2.77. The molecule has 0 aliphatic carbocycles. The highest BCUT2D eigenvalue weighted by Gasteiger charge is 2.30. The van der Waals surface area contributed by atoms with E-state index in [9.17, 15) is 21.6 Å². The first kappa shape index (κ1) is 26.5. The van der Waals surface area contributed by atoms with Crippen LogP contribution in [0.4, 0.5) is 17.1 Å². The maximum absolute atomic E-state index is 12.9. The van der Waals surface area contributed by atoms with E-state index in [1.54, 1.807) is 43.3 Å². The van der Waals surface area contributed by atoms with Gasteiger partial charge in [0.1, 0.15) is 6.04 Å². The molecule has 0 radical (unpaired) electrons. The van der Waals surface area contributed by atoms with E-state index in [0.29, 0.717) is 27.6 Å². The van der Waals surface area contributed by atoms with Crippen molar-refractivity contribution in [2.24, 2.45) is 0 Å².